The number of hydrogen-bond acceptors (Lipinski definition) is 1. The summed E-state index contributed by atoms with van der Waals surface area (Å²) in [6.45, 7) is 3.82. The topological polar surface area (TPSA) is 26.0 Å². The minimum atomic E-state index is -0.401. The Labute approximate surface area is 55.2 Å². The molecule has 0 saturated carbocycles. The molecule has 1 unspecified atom stereocenters. The molecule has 0 aliphatic rings. The summed E-state index contributed by atoms with van der Waals surface area (Å²) in [6, 6.07) is 0. The quantitative estimate of drug-likeness (QED) is 0.534. The van der Waals surface area contributed by atoms with Crippen LogP contribution in [0.3, 0.4) is 0 Å². The Balaban J connectivity index is 3.85. The van der Waals surface area contributed by atoms with Crippen molar-refractivity contribution < 1.29 is 0 Å². The number of rotatable bonds is 1. The summed E-state index contributed by atoms with van der Waals surface area (Å²) in [4.78, 5) is 0. The summed E-state index contributed by atoms with van der Waals surface area (Å²) in [7, 11) is 0. The SMILES string of the molecule is CCC(C)(N)C#CCl. The molecule has 2 N–H and O–H groups in total. The second-order valence-electron chi connectivity index (χ2n) is 1.99. The van der Waals surface area contributed by atoms with Crippen LogP contribution in [0.4, 0.5) is 0 Å². The van der Waals surface area contributed by atoms with Crippen molar-refractivity contribution in [1.29, 1.82) is 0 Å². The first-order chi connectivity index (χ1) is 3.62. The average molecular weight is 132 g/mol. The van der Waals surface area contributed by atoms with E-state index < -0.39 is 5.54 Å². The number of nitrogens with two attached hydrogens (primary N) is 1. The lowest BCUT2D eigenvalue weighted by Crippen LogP contribution is -2.32. The van der Waals surface area contributed by atoms with E-state index in [1.165, 1.54) is 0 Å². The van der Waals surface area contributed by atoms with E-state index in [0.717, 1.165) is 6.42 Å². The van der Waals surface area contributed by atoms with Gasteiger partial charge in [0.05, 0.1) is 5.54 Å². The Morgan fingerprint density at radius 2 is 2.25 bits per heavy atom. The summed E-state index contributed by atoms with van der Waals surface area (Å²) >= 11 is 5.12. The molecular formula is C6H10ClN. The van der Waals surface area contributed by atoms with Crippen LogP contribution in [0.15, 0.2) is 0 Å². The lowest BCUT2D eigenvalue weighted by Gasteiger charge is -2.12. The Morgan fingerprint density at radius 1 is 1.75 bits per heavy atom. The van der Waals surface area contributed by atoms with Gasteiger partial charge in [0.2, 0.25) is 0 Å². The van der Waals surface area contributed by atoms with E-state index in [1.54, 1.807) is 0 Å². The molecule has 0 aromatic carbocycles. The second-order valence-corrected chi connectivity index (χ2v) is 2.18. The molecule has 2 heteroatoms. The monoisotopic (exact) mass is 131 g/mol. The maximum absolute atomic E-state index is 5.57. The fourth-order valence-corrected chi connectivity index (χ4v) is 0.412. The van der Waals surface area contributed by atoms with Crippen LogP contribution in [0, 0.1) is 11.3 Å². The molecule has 0 fully saturated rings. The van der Waals surface area contributed by atoms with Gasteiger partial charge >= 0.3 is 0 Å². The van der Waals surface area contributed by atoms with E-state index in [-0.39, 0.29) is 0 Å². The summed E-state index contributed by atoms with van der Waals surface area (Å²) < 4.78 is 0. The summed E-state index contributed by atoms with van der Waals surface area (Å²) in [5.74, 6) is 2.66. The summed E-state index contributed by atoms with van der Waals surface area (Å²) in [6.07, 6.45) is 0.826. The molecule has 0 aromatic rings. The Kier molecular flexibility index (Phi) is 2.89. The van der Waals surface area contributed by atoms with Gasteiger partial charge in [-0.2, -0.15) is 0 Å². The summed E-state index contributed by atoms with van der Waals surface area (Å²) in [5.41, 5.74) is 5.17. The van der Waals surface area contributed by atoms with Crippen LogP contribution >= 0.6 is 11.6 Å². The van der Waals surface area contributed by atoms with Gasteiger partial charge in [0.1, 0.15) is 0 Å². The lowest BCUT2D eigenvalue weighted by molar-refractivity contribution is 0.586. The minimum Gasteiger partial charge on any atom is -0.315 e. The van der Waals surface area contributed by atoms with Gasteiger partial charge in [-0.1, -0.05) is 12.8 Å². The van der Waals surface area contributed by atoms with Gasteiger partial charge in [0.15, 0.2) is 0 Å². The van der Waals surface area contributed by atoms with Gasteiger partial charge in [-0.3, -0.25) is 0 Å². The largest absolute Gasteiger partial charge is 0.315 e. The molecule has 0 spiro atoms. The van der Waals surface area contributed by atoms with Crippen LogP contribution < -0.4 is 5.73 Å². The van der Waals surface area contributed by atoms with Crippen LogP contribution in [0.5, 0.6) is 0 Å². The highest BCUT2D eigenvalue weighted by Gasteiger charge is 2.09. The molecule has 0 saturated heterocycles. The third-order valence-electron chi connectivity index (χ3n) is 1.07. The molecule has 8 heavy (non-hydrogen) atoms. The molecule has 0 rings (SSSR count). The molecule has 0 aromatic heterocycles. The Bertz CT molecular complexity index is 118. The standard InChI is InChI=1S/C6H10ClN/c1-3-6(2,8)4-5-7/h3,8H2,1-2H3. The van der Waals surface area contributed by atoms with Crippen molar-refractivity contribution >= 4 is 11.6 Å². The average Bonchev–Trinajstić information content (AvgIpc) is 1.67. The van der Waals surface area contributed by atoms with E-state index in [1.807, 2.05) is 13.8 Å². The molecule has 1 atom stereocenters. The third-order valence-corrected chi connectivity index (χ3v) is 1.16. The van der Waals surface area contributed by atoms with Crippen molar-refractivity contribution in [3.8, 4) is 11.3 Å². The second kappa shape index (κ2) is 2.96. The lowest BCUT2D eigenvalue weighted by atomic mass is 10.0. The van der Waals surface area contributed by atoms with Crippen molar-refractivity contribution in [3.05, 3.63) is 0 Å². The maximum Gasteiger partial charge on any atom is 0.0757 e. The van der Waals surface area contributed by atoms with E-state index in [4.69, 9.17) is 17.3 Å². The van der Waals surface area contributed by atoms with Crippen LogP contribution in [0.25, 0.3) is 0 Å². The zero-order valence-electron chi connectivity index (χ0n) is 5.16. The van der Waals surface area contributed by atoms with Crippen molar-refractivity contribution in [2.45, 2.75) is 25.8 Å². The Hall–Kier alpha value is -0.190. The van der Waals surface area contributed by atoms with Gasteiger partial charge in [0, 0.05) is 5.38 Å². The summed E-state index contributed by atoms with van der Waals surface area (Å²) in [5, 5.41) is 2.26. The molecule has 0 bridgehead atoms. The first kappa shape index (κ1) is 7.81. The van der Waals surface area contributed by atoms with E-state index in [9.17, 15) is 0 Å². The highest BCUT2D eigenvalue weighted by molar-refractivity contribution is 6.30. The maximum atomic E-state index is 5.57. The molecule has 0 aliphatic carbocycles. The molecule has 1 nitrogen and oxygen atoms in total. The highest BCUT2D eigenvalue weighted by atomic mass is 35.5. The predicted octanol–water partition coefficient (Wildman–Crippen LogP) is 1.31. The molecule has 0 amide bonds. The highest BCUT2D eigenvalue weighted by Crippen LogP contribution is 2.00. The predicted molar refractivity (Wildman–Crippen MR) is 36.5 cm³/mol. The van der Waals surface area contributed by atoms with E-state index >= 15 is 0 Å². The fraction of sp³-hybridized carbons (Fsp3) is 0.667. The number of halogens is 1. The van der Waals surface area contributed by atoms with Crippen LogP contribution in [-0.4, -0.2) is 5.54 Å². The first-order valence-corrected chi connectivity index (χ1v) is 2.92. The van der Waals surface area contributed by atoms with Crippen LogP contribution in [0.1, 0.15) is 20.3 Å². The number of hydrogen-bond donors (Lipinski definition) is 1. The van der Waals surface area contributed by atoms with E-state index in [0.29, 0.717) is 0 Å². The molecule has 0 radical (unpaired) electrons. The molecule has 46 valence electrons. The van der Waals surface area contributed by atoms with Gasteiger partial charge in [-0.15, -0.1) is 0 Å². The normalized spacial score (nSPS) is 16.0. The van der Waals surface area contributed by atoms with Crippen LogP contribution in [0.2, 0.25) is 0 Å². The van der Waals surface area contributed by atoms with Crippen molar-refractivity contribution in [2.75, 3.05) is 0 Å². The van der Waals surface area contributed by atoms with Crippen LogP contribution in [-0.2, 0) is 0 Å². The molecule has 0 aliphatic heterocycles. The minimum absolute atomic E-state index is 0.401. The van der Waals surface area contributed by atoms with Crippen molar-refractivity contribution in [1.82, 2.24) is 0 Å². The van der Waals surface area contributed by atoms with Gasteiger partial charge in [0.25, 0.3) is 0 Å². The van der Waals surface area contributed by atoms with Crippen molar-refractivity contribution in [3.63, 3.8) is 0 Å². The smallest absolute Gasteiger partial charge is 0.0757 e. The van der Waals surface area contributed by atoms with Gasteiger partial charge in [-0.05, 0) is 24.9 Å². The first-order valence-electron chi connectivity index (χ1n) is 2.54. The molecular weight excluding hydrogens is 122 g/mol. The zero-order valence-corrected chi connectivity index (χ0v) is 5.92. The molecule has 0 heterocycles. The third kappa shape index (κ3) is 2.90. The Morgan fingerprint density at radius 3 is 2.38 bits per heavy atom. The fourth-order valence-electron chi connectivity index (χ4n) is 0.196. The zero-order chi connectivity index (χ0) is 6.62. The van der Waals surface area contributed by atoms with Gasteiger partial charge in [-0.25, -0.2) is 0 Å². The van der Waals surface area contributed by atoms with Gasteiger partial charge < -0.3 is 5.73 Å². The van der Waals surface area contributed by atoms with Crippen molar-refractivity contribution in [2.24, 2.45) is 5.73 Å². The van der Waals surface area contributed by atoms with E-state index in [2.05, 4.69) is 11.3 Å².